The van der Waals surface area contributed by atoms with Gasteiger partial charge in [0.2, 0.25) is 0 Å². The number of hydrogen-bond donors (Lipinski definition) is 0. The molecule has 22 heavy (non-hydrogen) atoms. The molecule has 0 fully saturated rings. The van der Waals surface area contributed by atoms with Gasteiger partial charge in [-0.3, -0.25) is 4.79 Å². The summed E-state index contributed by atoms with van der Waals surface area (Å²) >= 11 is 0. The molecule has 0 radical (unpaired) electrons. The van der Waals surface area contributed by atoms with Crippen molar-refractivity contribution in [2.24, 2.45) is 0 Å². The van der Waals surface area contributed by atoms with E-state index in [2.05, 4.69) is 6.92 Å². The van der Waals surface area contributed by atoms with E-state index in [1.807, 2.05) is 0 Å². The van der Waals surface area contributed by atoms with Crippen molar-refractivity contribution in [3.8, 4) is 5.75 Å². The van der Waals surface area contributed by atoms with Gasteiger partial charge in [0.05, 0.1) is 13.2 Å². The van der Waals surface area contributed by atoms with E-state index in [1.165, 1.54) is 16.7 Å². The second-order valence-electron chi connectivity index (χ2n) is 5.13. The smallest absolute Gasteiger partial charge is 0.254 e. The maximum absolute atomic E-state index is 13.2. The molecular formula is C17H19F2NO2. The summed E-state index contributed by atoms with van der Waals surface area (Å²) in [6.07, 6.45) is 4.75. The largest absolute Gasteiger partial charge is 0.493 e. The Kier molecular flexibility index (Phi) is 5.69. The van der Waals surface area contributed by atoms with Crippen LogP contribution in [0.4, 0.5) is 8.78 Å². The number of unbranched alkanes of at least 4 members (excludes halogenated alkanes) is 2. The minimum absolute atomic E-state index is 0.187. The molecule has 0 bridgehead atoms. The number of halogens is 2. The number of nitrogens with zero attached hydrogens (tertiary/aromatic N) is 1. The Hall–Kier alpha value is -2.17. The fraction of sp³-hybridized carbons (Fsp3) is 0.353. The molecule has 0 aliphatic rings. The molecule has 0 aliphatic carbocycles. The quantitative estimate of drug-likeness (QED) is 0.730. The Bertz CT molecular complexity index is 683. The van der Waals surface area contributed by atoms with Crippen molar-refractivity contribution in [2.45, 2.75) is 32.7 Å². The van der Waals surface area contributed by atoms with Crippen LogP contribution in [0.1, 0.15) is 31.7 Å². The highest BCUT2D eigenvalue weighted by Crippen LogP contribution is 2.11. The average molecular weight is 307 g/mol. The predicted octanol–water partition coefficient (Wildman–Crippen LogP) is 3.74. The fourth-order valence-corrected chi connectivity index (χ4v) is 2.09. The van der Waals surface area contributed by atoms with E-state index in [4.69, 9.17) is 4.74 Å². The molecule has 0 spiro atoms. The molecule has 0 saturated carbocycles. The van der Waals surface area contributed by atoms with Crippen LogP contribution in [0, 0.1) is 11.6 Å². The molecule has 1 aromatic carbocycles. The minimum Gasteiger partial charge on any atom is -0.493 e. The van der Waals surface area contributed by atoms with Gasteiger partial charge < -0.3 is 9.30 Å². The van der Waals surface area contributed by atoms with Crippen LogP contribution >= 0.6 is 0 Å². The first kappa shape index (κ1) is 16.2. The third kappa shape index (κ3) is 4.41. The van der Waals surface area contributed by atoms with E-state index < -0.39 is 11.6 Å². The molecule has 2 aromatic rings. The first-order chi connectivity index (χ1) is 10.6. The summed E-state index contributed by atoms with van der Waals surface area (Å²) in [5.74, 6) is -1.28. The van der Waals surface area contributed by atoms with Crippen molar-refractivity contribution in [3.63, 3.8) is 0 Å². The Balaban J connectivity index is 2.03. The van der Waals surface area contributed by atoms with Crippen LogP contribution in [0.2, 0.25) is 0 Å². The summed E-state index contributed by atoms with van der Waals surface area (Å²) in [4.78, 5) is 12.0. The molecule has 0 N–H and O–H groups in total. The molecule has 118 valence electrons. The highest BCUT2D eigenvalue weighted by Gasteiger charge is 2.05. The standard InChI is InChI=1S/C17H19F2NO2/c1-2-3-4-9-22-14-7-8-20(17(21)11-14)12-13-5-6-15(18)16(19)10-13/h5-8,10-11H,2-4,9,12H2,1H3. The Morgan fingerprint density at radius 1 is 1.09 bits per heavy atom. The van der Waals surface area contributed by atoms with Gasteiger partial charge in [0.1, 0.15) is 5.75 Å². The van der Waals surface area contributed by atoms with Crippen LogP contribution < -0.4 is 10.3 Å². The maximum atomic E-state index is 13.2. The van der Waals surface area contributed by atoms with E-state index in [0.717, 1.165) is 31.4 Å². The predicted molar refractivity (Wildman–Crippen MR) is 81.2 cm³/mol. The molecule has 0 amide bonds. The summed E-state index contributed by atoms with van der Waals surface area (Å²) in [6, 6.07) is 6.72. The molecule has 0 aliphatic heterocycles. The van der Waals surface area contributed by atoms with E-state index in [9.17, 15) is 13.6 Å². The lowest BCUT2D eigenvalue weighted by Gasteiger charge is -2.09. The molecule has 0 atom stereocenters. The number of pyridine rings is 1. The van der Waals surface area contributed by atoms with Crippen molar-refractivity contribution < 1.29 is 13.5 Å². The first-order valence-electron chi connectivity index (χ1n) is 7.37. The molecule has 3 nitrogen and oxygen atoms in total. The van der Waals surface area contributed by atoms with Crippen molar-refractivity contribution in [1.29, 1.82) is 0 Å². The number of ether oxygens (including phenoxy) is 1. The summed E-state index contributed by atoms with van der Waals surface area (Å²) in [6.45, 7) is 2.88. The number of aromatic nitrogens is 1. The molecule has 5 heteroatoms. The van der Waals surface area contributed by atoms with Gasteiger partial charge in [-0.05, 0) is 30.2 Å². The normalized spacial score (nSPS) is 10.7. The first-order valence-corrected chi connectivity index (χ1v) is 7.37. The molecule has 0 unspecified atom stereocenters. The molecule has 0 saturated heterocycles. The topological polar surface area (TPSA) is 31.2 Å². The SMILES string of the molecule is CCCCCOc1ccn(Cc2ccc(F)c(F)c2)c(=O)c1. The maximum Gasteiger partial charge on any atom is 0.254 e. The van der Waals surface area contributed by atoms with E-state index in [0.29, 0.717) is 17.9 Å². The highest BCUT2D eigenvalue weighted by molar-refractivity contribution is 5.21. The van der Waals surface area contributed by atoms with Crippen molar-refractivity contribution in [3.05, 3.63) is 64.1 Å². The van der Waals surface area contributed by atoms with E-state index in [1.54, 1.807) is 12.3 Å². The lowest BCUT2D eigenvalue weighted by molar-refractivity contribution is 0.305. The second kappa shape index (κ2) is 7.73. The summed E-state index contributed by atoms with van der Waals surface area (Å²) in [5, 5.41) is 0. The Morgan fingerprint density at radius 2 is 1.91 bits per heavy atom. The van der Waals surface area contributed by atoms with Crippen LogP contribution in [0.3, 0.4) is 0 Å². The lowest BCUT2D eigenvalue weighted by Crippen LogP contribution is -2.19. The van der Waals surface area contributed by atoms with Gasteiger partial charge in [-0.15, -0.1) is 0 Å². The van der Waals surface area contributed by atoms with Crippen molar-refractivity contribution in [2.75, 3.05) is 6.61 Å². The second-order valence-corrected chi connectivity index (χ2v) is 5.13. The summed E-state index contributed by atoms with van der Waals surface area (Å²) < 4.78 is 33.0. The third-order valence-corrected chi connectivity index (χ3v) is 3.32. The third-order valence-electron chi connectivity index (χ3n) is 3.32. The van der Waals surface area contributed by atoms with Crippen LogP contribution in [0.25, 0.3) is 0 Å². The van der Waals surface area contributed by atoms with Crippen LogP contribution in [-0.2, 0) is 6.54 Å². The zero-order chi connectivity index (χ0) is 15.9. The molecule has 2 rings (SSSR count). The van der Waals surface area contributed by atoms with Gasteiger partial charge in [0, 0.05) is 12.3 Å². The summed E-state index contributed by atoms with van der Waals surface area (Å²) in [7, 11) is 0. The van der Waals surface area contributed by atoms with Crippen molar-refractivity contribution in [1.82, 2.24) is 4.57 Å². The van der Waals surface area contributed by atoms with Gasteiger partial charge in [0.25, 0.3) is 5.56 Å². The zero-order valence-corrected chi connectivity index (χ0v) is 12.5. The monoisotopic (exact) mass is 307 g/mol. The van der Waals surface area contributed by atoms with Gasteiger partial charge >= 0.3 is 0 Å². The molecular weight excluding hydrogens is 288 g/mol. The zero-order valence-electron chi connectivity index (χ0n) is 12.5. The van der Waals surface area contributed by atoms with Crippen LogP contribution in [0.15, 0.2) is 41.3 Å². The summed E-state index contributed by atoms with van der Waals surface area (Å²) in [5.41, 5.74) is 0.287. The molecule has 1 aromatic heterocycles. The van der Waals surface area contributed by atoms with Gasteiger partial charge in [0.15, 0.2) is 11.6 Å². The Morgan fingerprint density at radius 3 is 2.59 bits per heavy atom. The van der Waals surface area contributed by atoms with E-state index in [-0.39, 0.29) is 12.1 Å². The van der Waals surface area contributed by atoms with Gasteiger partial charge in [-0.1, -0.05) is 25.8 Å². The minimum atomic E-state index is -0.915. The highest BCUT2D eigenvalue weighted by atomic mass is 19.2. The van der Waals surface area contributed by atoms with Crippen LogP contribution in [0.5, 0.6) is 5.75 Å². The average Bonchev–Trinajstić information content (AvgIpc) is 2.50. The molecule has 1 heterocycles. The fourth-order valence-electron chi connectivity index (χ4n) is 2.09. The Labute approximate surface area is 128 Å². The van der Waals surface area contributed by atoms with Crippen LogP contribution in [-0.4, -0.2) is 11.2 Å². The number of benzene rings is 1. The van der Waals surface area contributed by atoms with Gasteiger partial charge in [-0.2, -0.15) is 0 Å². The lowest BCUT2D eigenvalue weighted by atomic mass is 10.2. The number of hydrogen-bond acceptors (Lipinski definition) is 2. The van der Waals surface area contributed by atoms with Gasteiger partial charge in [-0.25, -0.2) is 8.78 Å². The van der Waals surface area contributed by atoms with Crippen molar-refractivity contribution >= 4 is 0 Å². The number of rotatable bonds is 7. The van der Waals surface area contributed by atoms with E-state index >= 15 is 0 Å².